The number of benzene rings is 1. The van der Waals surface area contributed by atoms with Gasteiger partial charge in [-0.1, -0.05) is 31.2 Å². The molecule has 1 atom stereocenters. The first-order valence-corrected chi connectivity index (χ1v) is 12.0. The molecule has 3 heterocycles. The van der Waals surface area contributed by atoms with Gasteiger partial charge in [-0.25, -0.2) is 0 Å². The van der Waals surface area contributed by atoms with Gasteiger partial charge in [0.05, 0.1) is 25.6 Å². The van der Waals surface area contributed by atoms with E-state index in [1.54, 1.807) is 18.2 Å². The lowest BCUT2D eigenvalue weighted by atomic mass is 9.96. The van der Waals surface area contributed by atoms with Gasteiger partial charge in [0.2, 0.25) is 11.8 Å². The van der Waals surface area contributed by atoms with E-state index in [-0.39, 0.29) is 30.6 Å². The number of nitrogens with zero attached hydrogens (tertiary/aromatic N) is 3. The van der Waals surface area contributed by atoms with Crippen LogP contribution in [0, 0.1) is 11.3 Å². The molecule has 1 aliphatic heterocycles. The summed E-state index contributed by atoms with van der Waals surface area (Å²) in [4.78, 5) is 32.6. The van der Waals surface area contributed by atoms with E-state index >= 15 is 0 Å². The molecule has 0 fully saturated rings. The van der Waals surface area contributed by atoms with E-state index in [0.717, 1.165) is 27.4 Å². The number of pyridine rings is 1. The van der Waals surface area contributed by atoms with Gasteiger partial charge in [-0.05, 0) is 41.7 Å². The second-order valence-electron chi connectivity index (χ2n) is 8.28. The Hall–Kier alpha value is -3.70. The molecule has 1 N–H and O–H groups in total. The summed E-state index contributed by atoms with van der Waals surface area (Å²) in [5.74, 6) is 0.558. The highest BCUT2D eigenvalue weighted by Crippen LogP contribution is 2.37. The molecule has 0 saturated carbocycles. The number of thiophene rings is 1. The normalized spacial score (nSPS) is 13.5. The summed E-state index contributed by atoms with van der Waals surface area (Å²) in [7, 11) is 1.62. The smallest absolute Gasteiger partial charge is 0.228 e. The first kappa shape index (κ1) is 23.5. The highest BCUT2D eigenvalue weighted by Gasteiger charge is 2.28. The lowest BCUT2D eigenvalue weighted by Gasteiger charge is -2.27. The van der Waals surface area contributed by atoms with Gasteiger partial charge in [-0.15, -0.1) is 11.3 Å². The highest BCUT2D eigenvalue weighted by molar-refractivity contribution is 7.16. The fourth-order valence-corrected chi connectivity index (χ4v) is 5.46. The molecule has 0 aliphatic carbocycles. The van der Waals surface area contributed by atoms with E-state index in [1.807, 2.05) is 49.4 Å². The number of carbonyl (C=O) groups excluding carboxylic acids is 2. The van der Waals surface area contributed by atoms with Crippen LogP contribution in [-0.2, 0) is 29.0 Å². The van der Waals surface area contributed by atoms with Gasteiger partial charge < -0.3 is 15.0 Å². The van der Waals surface area contributed by atoms with Crippen LogP contribution in [0.1, 0.15) is 46.5 Å². The summed E-state index contributed by atoms with van der Waals surface area (Å²) in [6, 6.07) is 15.4. The monoisotopic (exact) mass is 474 g/mol. The van der Waals surface area contributed by atoms with Crippen LogP contribution in [0.5, 0.6) is 5.75 Å². The molecule has 3 aromatic rings. The van der Waals surface area contributed by atoms with Crippen LogP contribution < -0.4 is 10.1 Å². The summed E-state index contributed by atoms with van der Waals surface area (Å²) < 4.78 is 5.42. The maximum atomic E-state index is 12.8. The first-order chi connectivity index (χ1) is 16.5. The minimum atomic E-state index is -0.156. The van der Waals surface area contributed by atoms with Crippen LogP contribution in [0.4, 0.5) is 5.00 Å². The van der Waals surface area contributed by atoms with Crippen LogP contribution in [0.2, 0.25) is 0 Å². The van der Waals surface area contributed by atoms with Crippen LogP contribution in [0.25, 0.3) is 0 Å². The van der Waals surface area contributed by atoms with E-state index in [0.29, 0.717) is 30.1 Å². The largest absolute Gasteiger partial charge is 0.496 e. The van der Waals surface area contributed by atoms with Crippen molar-refractivity contribution in [3.05, 3.63) is 75.9 Å². The molecule has 174 valence electrons. The quantitative estimate of drug-likeness (QED) is 0.551. The number of hydrogen-bond donors (Lipinski definition) is 1. The predicted molar refractivity (Wildman–Crippen MR) is 131 cm³/mol. The van der Waals surface area contributed by atoms with E-state index in [2.05, 4.69) is 16.4 Å². The first-order valence-electron chi connectivity index (χ1n) is 11.1. The van der Waals surface area contributed by atoms with Crippen LogP contribution >= 0.6 is 11.3 Å². The fourth-order valence-electron chi connectivity index (χ4n) is 4.23. The molecule has 4 rings (SSSR count). The molecule has 7 nitrogen and oxygen atoms in total. The lowest BCUT2D eigenvalue weighted by Crippen LogP contribution is -2.36. The summed E-state index contributed by atoms with van der Waals surface area (Å²) >= 11 is 1.38. The van der Waals surface area contributed by atoms with Crippen molar-refractivity contribution in [2.24, 2.45) is 0 Å². The maximum Gasteiger partial charge on any atom is 0.228 e. The van der Waals surface area contributed by atoms with E-state index < -0.39 is 0 Å². The van der Waals surface area contributed by atoms with Gasteiger partial charge in [0.1, 0.15) is 16.8 Å². The van der Waals surface area contributed by atoms with Crippen LogP contribution in [-0.4, -0.2) is 35.4 Å². The van der Waals surface area contributed by atoms with Crippen molar-refractivity contribution in [1.82, 2.24) is 9.88 Å². The molecule has 2 amide bonds. The summed E-state index contributed by atoms with van der Waals surface area (Å²) in [6.07, 6.45) is 2.79. The number of nitriles is 1. The van der Waals surface area contributed by atoms with Crippen molar-refractivity contribution >= 4 is 28.2 Å². The number of aromatic nitrogens is 1. The zero-order valence-electron chi connectivity index (χ0n) is 19.2. The molecule has 34 heavy (non-hydrogen) atoms. The molecule has 1 aliphatic rings. The van der Waals surface area contributed by atoms with E-state index in [9.17, 15) is 14.9 Å². The number of ether oxygens (including phenoxy) is 1. The number of rotatable bonds is 7. The minimum Gasteiger partial charge on any atom is -0.496 e. The number of nitrogens with one attached hydrogen (secondary N) is 1. The third-order valence-corrected chi connectivity index (χ3v) is 7.13. The predicted octanol–water partition coefficient (Wildman–Crippen LogP) is 4.28. The van der Waals surface area contributed by atoms with Crippen LogP contribution in [0.15, 0.2) is 48.7 Å². The molecular weight excluding hydrogens is 448 g/mol. The SMILES string of the molecule is COc1ccccc1[C@@H](C)CC(=O)Nc1sc2c(c1C#N)CCN(C(=O)Cc1ccccn1)C2. The Balaban J connectivity index is 1.44. The molecule has 0 bridgehead atoms. The maximum absolute atomic E-state index is 12.8. The highest BCUT2D eigenvalue weighted by atomic mass is 32.1. The standard InChI is InChI=1S/C26H26N4O3S/c1-17(19-8-3-4-9-22(19)33-2)13-24(31)29-26-21(15-27)20-10-12-30(16-23(20)34-26)25(32)14-18-7-5-6-11-28-18/h3-9,11,17H,10,12-14,16H2,1-2H3,(H,29,31)/t17-/m0/s1. The van der Waals surface area contributed by atoms with Crippen molar-refractivity contribution in [2.45, 2.75) is 38.6 Å². The Morgan fingerprint density at radius 2 is 2.06 bits per heavy atom. The summed E-state index contributed by atoms with van der Waals surface area (Å²) in [6.45, 7) is 2.96. The van der Waals surface area contributed by atoms with Gasteiger partial charge in [0.15, 0.2) is 0 Å². The van der Waals surface area contributed by atoms with Gasteiger partial charge in [-0.3, -0.25) is 14.6 Å². The zero-order valence-corrected chi connectivity index (χ0v) is 20.0. The fraction of sp³-hybridized carbons (Fsp3) is 0.308. The number of methoxy groups -OCH3 is 1. The van der Waals surface area contributed by atoms with Crippen molar-refractivity contribution < 1.29 is 14.3 Å². The van der Waals surface area contributed by atoms with Crippen LogP contribution in [0.3, 0.4) is 0 Å². The average Bonchev–Trinajstić information content (AvgIpc) is 3.20. The Labute approximate surface area is 203 Å². The van der Waals surface area contributed by atoms with Crippen molar-refractivity contribution in [3.63, 3.8) is 0 Å². The van der Waals surface area contributed by atoms with Crippen molar-refractivity contribution in [3.8, 4) is 11.8 Å². The Bertz CT molecular complexity index is 1230. The number of hydrogen-bond acceptors (Lipinski definition) is 6. The number of fused-ring (bicyclic) bond motifs is 1. The van der Waals surface area contributed by atoms with Crippen molar-refractivity contribution in [2.75, 3.05) is 19.0 Å². The Kier molecular flexibility index (Phi) is 7.24. The zero-order chi connectivity index (χ0) is 24.1. The van der Waals surface area contributed by atoms with Crippen molar-refractivity contribution in [1.29, 1.82) is 5.26 Å². The minimum absolute atomic E-state index is 0.00692. The molecular formula is C26H26N4O3S. The van der Waals surface area contributed by atoms with Gasteiger partial charge in [0.25, 0.3) is 0 Å². The second-order valence-corrected chi connectivity index (χ2v) is 9.38. The van der Waals surface area contributed by atoms with E-state index in [1.165, 1.54) is 11.3 Å². The second kappa shape index (κ2) is 10.5. The molecule has 2 aromatic heterocycles. The summed E-state index contributed by atoms with van der Waals surface area (Å²) in [5, 5.41) is 13.3. The number of anilines is 1. The molecule has 0 unspecified atom stereocenters. The number of amides is 2. The van der Waals surface area contributed by atoms with Gasteiger partial charge in [-0.2, -0.15) is 5.26 Å². The molecule has 0 radical (unpaired) electrons. The number of carbonyl (C=O) groups is 2. The molecule has 1 aromatic carbocycles. The molecule has 0 saturated heterocycles. The third-order valence-electron chi connectivity index (χ3n) is 5.99. The van der Waals surface area contributed by atoms with Gasteiger partial charge >= 0.3 is 0 Å². The Morgan fingerprint density at radius 3 is 2.79 bits per heavy atom. The number of para-hydroxylation sites is 1. The third kappa shape index (κ3) is 5.10. The molecule has 0 spiro atoms. The van der Waals surface area contributed by atoms with E-state index in [4.69, 9.17) is 4.74 Å². The average molecular weight is 475 g/mol. The Morgan fingerprint density at radius 1 is 1.26 bits per heavy atom. The summed E-state index contributed by atoms with van der Waals surface area (Å²) in [5.41, 5.74) is 3.14. The lowest BCUT2D eigenvalue weighted by molar-refractivity contribution is -0.131. The molecule has 8 heteroatoms. The topological polar surface area (TPSA) is 95.3 Å². The van der Waals surface area contributed by atoms with Gasteiger partial charge in [0, 0.05) is 29.7 Å².